The highest BCUT2D eigenvalue weighted by molar-refractivity contribution is 5.54. The van der Waals surface area contributed by atoms with Gasteiger partial charge in [-0.3, -0.25) is 0 Å². The van der Waals surface area contributed by atoms with Crippen LogP contribution in [0, 0.1) is 13.8 Å². The van der Waals surface area contributed by atoms with E-state index in [0.717, 1.165) is 17.1 Å². The zero-order valence-electron chi connectivity index (χ0n) is 9.10. The highest BCUT2D eigenvalue weighted by atomic mass is 15.1. The first-order chi connectivity index (χ1) is 7.66. The average Bonchev–Trinajstić information content (AvgIpc) is 2.27. The van der Waals surface area contributed by atoms with Crippen LogP contribution in [0.4, 0.5) is 17.3 Å². The van der Waals surface area contributed by atoms with Gasteiger partial charge in [-0.1, -0.05) is 0 Å². The SMILES string of the molecule is Cc1nc(Nc2cncnc2)nc(C)c1N. The molecule has 2 heterocycles. The zero-order valence-corrected chi connectivity index (χ0v) is 9.10. The summed E-state index contributed by atoms with van der Waals surface area (Å²) in [5, 5.41) is 3.01. The van der Waals surface area contributed by atoms with E-state index in [4.69, 9.17) is 5.73 Å². The van der Waals surface area contributed by atoms with Crippen LogP contribution in [0.3, 0.4) is 0 Å². The minimum atomic E-state index is 0.499. The molecule has 0 radical (unpaired) electrons. The van der Waals surface area contributed by atoms with E-state index >= 15 is 0 Å². The van der Waals surface area contributed by atoms with Crippen molar-refractivity contribution in [3.63, 3.8) is 0 Å². The van der Waals surface area contributed by atoms with Gasteiger partial charge in [-0.05, 0) is 13.8 Å². The predicted octanol–water partition coefficient (Wildman–Crippen LogP) is 1.21. The Morgan fingerprint density at radius 1 is 1.06 bits per heavy atom. The van der Waals surface area contributed by atoms with E-state index in [0.29, 0.717) is 11.6 Å². The first kappa shape index (κ1) is 10.3. The summed E-state index contributed by atoms with van der Waals surface area (Å²) < 4.78 is 0. The average molecular weight is 216 g/mol. The number of hydrogen-bond donors (Lipinski definition) is 2. The van der Waals surface area contributed by atoms with Crippen molar-refractivity contribution in [2.45, 2.75) is 13.8 Å². The van der Waals surface area contributed by atoms with Gasteiger partial charge in [0, 0.05) is 0 Å². The standard InChI is InChI=1S/C10H12N6/c1-6-9(11)7(2)15-10(14-6)16-8-3-12-5-13-4-8/h3-5H,11H2,1-2H3,(H,14,15,16). The molecule has 0 aromatic carbocycles. The van der Waals surface area contributed by atoms with Crippen molar-refractivity contribution in [2.24, 2.45) is 0 Å². The van der Waals surface area contributed by atoms with Crippen LogP contribution in [0.5, 0.6) is 0 Å². The molecule has 0 aliphatic rings. The lowest BCUT2D eigenvalue weighted by molar-refractivity contribution is 1.06. The van der Waals surface area contributed by atoms with E-state index in [-0.39, 0.29) is 0 Å². The van der Waals surface area contributed by atoms with Gasteiger partial charge in [0.15, 0.2) is 0 Å². The maximum absolute atomic E-state index is 5.77. The highest BCUT2D eigenvalue weighted by Crippen LogP contribution is 2.16. The Morgan fingerprint density at radius 2 is 1.62 bits per heavy atom. The van der Waals surface area contributed by atoms with Gasteiger partial charge in [0.1, 0.15) is 6.33 Å². The third-order valence-electron chi connectivity index (χ3n) is 2.14. The second-order valence-corrected chi connectivity index (χ2v) is 3.38. The second kappa shape index (κ2) is 4.09. The summed E-state index contributed by atoms with van der Waals surface area (Å²) in [7, 11) is 0. The van der Waals surface area contributed by atoms with Crippen LogP contribution in [0.2, 0.25) is 0 Å². The molecule has 0 unspecified atom stereocenters. The Labute approximate surface area is 93.0 Å². The van der Waals surface area contributed by atoms with Crippen LogP contribution in [0.1, 0.15) is 11.4 Å². The van der Waals surface area contributed by atoms with E-state index in [2.05, 4.69) is 25.3 Å². The monoisotopic (exact) mass is 216 g/mol. The van der Waals surface area contributed by atoms with Gasteiger partial charge in [-0.15, -0.1) is 0 Å². The molecule has 0 saturated carbocycles. The number of nitrogens with two attached hydrogens (primary N) is 1. The Balaban J connectivity index is 2.29. The van der Waals surface area contributed by atoms with Crippen molar-refractivity contribution in [2.75, 3.05) is 11.1 Å². The molecule has 0 fully saturated rings. The normalized spacial score (nSPS) is 10.1. The van der Waals surface area contributed by atoms with Crippen LogP contribution in [-0.2, 0) is 0 Å². The van der Waals surface area contributed by atoms with Gasteiger partial charge in [0.05, 0.1) is 35.2 Å². The number of nitrogens with one attached hydrogen (secondary N) is 1. The molecule has 0 bridgehead atoms. The molecule has 6 nitrogen and oxygen atoms in total. The predicted molar refractivity (Wildman–Crippen MR) is 61.2 cm³/mol. The molecular formula is C10H12N6. The Kier molecular flexibility index (Phi) is 2.63. The first-order valence-electron chi connectivity index (χ1n) is 4.79. The van der Waals surface area contributed by atoms with Gasteiger partial charge in [-0.25, -0.2) is 19.9 Å². The number of aromatic nitrogens is 4. The molecular weight excluding hydrogens is 204 g/mol. The summed E-state index contributed by atoms with van der Waals surface area (Å²) >= 11 is 0. The van der Waals surface area contributed by atoms with Gasteiger partial charge in [0.2, 0.25) is 5.95 Å². The largest absolute Gasteiger partial charge is 0.396 e. The third-order valence-corrected chi connectivity index (χ3v) is 2.14. The molecule has 0 amide bonds. The summed E-state index contributed by atoms with van der Waals surface area (Å²) in [6.07, 6.45) is 4.76. The van der Waals surface area contributed by atoms with Crippen molar-refractivity contribution in [1.29, 1.82) is 0 Å². The van der Waals surface area contributed by atoms with Crippen molar-refractivity contribution in [3.8, 4) is 0 Å². The summed E-state index contributed by atoms with van der Waals surface area (Å²) in [5.74, 6) is 0.499. The minimum absolute atomic E-state index is 0.499. The smallest absolute Gasteiger partial charge is 0.227 e. The number of anilines is 3. The Hall–Kier alpha value is -2.24. The summed E-state index contributed by atoms with van der Waals surface area (Å²) in [6, 6.07) is 0. The number of nitrogens with zero attached hydrogens (tertiary/aromatic N) is 4. The van der Waals surface area contributed by atoms with Crippen LogP contribution in [0.15, 0.2) is 18.7 Å². The number of hydrogen-bond acceptors (Lipinski definition) is 6. The van der Waals surface area contributed by atoms with Gasteiger partial charge >= 0.3 is 0 Å². The summed E-state index contributed by atoms with van der Waals surface area (Å²) in [5.41, 5.74) is 8.64. The lowest BCUT2D eigenvalue weighted by Crippen LogP contribution is -2.05. The quantitative estimate of drug-likeness (QED) is 0.784. The third kappa shape index (κ3) is 2.05. The fourth-order valence-electron chi connectivity index (χ4n) is 1.27. The molecule has 2 aromatic rings. The molecule has 16 heavy (non-hydrogen) atoms. The number of nitrogen functional groups attached to an aromatic ring is 1. The molecule has 6 heteroatoms. The van der Waals surface area contributed by atoms with Crippen LogP contribution in [-0.4, -0.2) is 19.9 Å². The lowest BCUT2D eigenvalue weighted by Gasteiger charge is -2.08. The van der Waals surface area contributed by atoms with Crippen LogP contribution >= 0.6 is 0 Å². The molecule has 2 rings (SSSR count). The second-order valence-electron chi connectivity index (χ2n) is 3.38. The molecule has 2 aromatic heterocycles. The topological polar surface area (TPSA) is 89.6 Å². The molecule has 0 aliphatic carbocycles. The Morgan fingerprint density at radius 3 is 2.19 bits per heavy atom. The number of rotatable bonds is 2. The molecule has 3 N–H and O–H groups in total. The van der Waals surface area contributed by atoms with Gasteiger partial charge in [0.25, 0.3) is 0 Å². The maximum Gasteiger partial charge on any atom is 0.227 e. The summed E-state index contributed by atoms with van der Waals surface area (Å²) in [6.45, 7) is 3.69. The zero-order chi connectivity index (χ0) is 11.5. The number of aryl methyl sites for hydroxylation is 2. The maximum atomic E-state index is 5.77. The van der Waals surface area contributed by atoms with Crippen molar-refractivity contribution >= 4 is 17.3 Å². The molecule has 0 spiro atoms. The van der Waals surface area contributed by atoms with E-state index in [1.807, 2.05) is 13.8 Å². The van der Waals surface area contributed by atoms with Gasteiger partial charge < -0.3 is 11.1 Å². The fraction of sp³-hybridized carbons (Fsp3) is 0.200. The Bertz CT molecular complexity index is 473. The molecule has 0 aliphatic heterocycles. The van der Waals surface area contributed by atoms with Crippen molar-refractivity contribution in [1.82, 2.24) is 19.9 Å². The molecule has 0 atom stereocenters. The van der Waals surface area contributed by atoms with Crippen molar-refractivity contribution in [3.05, 3.63) is 30.1 Å². The van der Waals surface area contributed by atoms with Crippen LogP contribution < -0.4 is 11.1 Å². The van der Waals surface area contributed by atoms with E-state index in [1.54, 1.807) is 12.4 Å². The van der Waals surface area contributed by atoms with E-state index < -0.39 is 0 Å². The van der Waals surface area contributed by atoms with Crippen molar-refractivity contribution < 1.29 is 0 Å². The van der Waals surface area contributed by atoms with Crippen LogP contribution in [0.25, 0.3) is 0 Å². The summed E-state index contributed by atoms with van der Waals surface area (Å²) in [4.78, 5) is 16.2. The fourth-order valence-corrected chi connectivity index (χ4v) is 1.27. The van der Waals surface area contributed by atoms with Gasteiger partial charge in [-0.2, -0.15) is 0 Å². The molecule has 82 valence electrons. The van der Waals surface area contributed by atoms with E-state index in [9.17, 15) is 0 Å². The lowest BCUT2D eigenvalue weighted by atomic mass is 10.3. The minimum Gasteiger partial charge on any atom is -0.396 e. The highest BCUT2D eigenvalue weighted by Gasteiger charge is 2.05. The first-order valence-corrected chi connectivity index (χ1v) is 4.79. The van der Waals surface area contributed by atoms with E-state index in [1.165, 1.54) is 6.33 Å². The molecule has 0 saturated heterocycles.